The van der Waals surface area contributed by atoms with Crippen molar-refractivity contribution in [1.82, 2.24) is 0 Å². The number of hydrogen-bond donors (Lipinski definition) is 3. The quantitative estimate of drug-likeness (QED) is 0.440. The summed E-state index contributed by atoms with van der Waals surface area (Å²) in [4.78, 5) is 10.3. The van der Waals surface area contributed by atoms with E-state index in [9.17, 15) is 4.79 Å². The molecule has 3 atom stereocenters. The molecular weight excluding hydrogens is 152 g/mol. The van der Waals surface area contributed by atoms with Gasteiger partial charge in [-0.1, -0.05) is 0 Å². The summed E-state index contributed by atoms with van der Waals surface area (Å²) in [6.45, 7) is -0.113. The van der Waals surface area contributed by atoms with E-state index < -0.39 is 24.3 Å². The zero-order chi connectivity index (χ0) is 8.43. The molecule has 0 spiro atoms. The van der Waals surface area contributed by atoms with Crippen LogP contribution in [-0.2, 0) is 9.53 Å². The van der Waals surface area contributed by atoms with Crippen LogP contribution in [0.25, 0.3) is 0 Å². The molecule has 5 heteroatoms. The second kappa shape index (κ2) is 3.17. The van der Waals surface area contributed by atoms with Crippen molar-refractivity contribution in [3.05, 3.63) is 0 Å². The number of rotatable bonds is 1. The van der Waals surface area contributed by atoms with Gasteiger partial charge in [-0.2, -0.15) is 0 Å². The highest BCUT2D eigenvalue weighted by Gasteiger charge is 2.32. The summed E-state index contributed by atoms with van der Waals surface area (Å²) in [6.07, 6.45) is -2.96. The lowest BCUT2D eigenvalue weighted by molar-refractivity contribution is -0.168. The van der Waals surface area contributed by atoms with Crippen molar-refractivity contribution in [3.8, 4) is 0 Å². The molecule has 1 aliphatic heterocycles. The van der Waals surface area contributed by atoms with E-state index in [2.05, 4.69) is 0 Å². The predicted octanol–water partition coefficient (Wildman–Crippen LogP) is -1.42. The van der Waals surface area contributed by atoms with Gasteiger partial charge in [0.25, 0.3) is 0 Å². The maximum atomic E-state index is 10.3. The number of carboxylic acid groups (broad SMARTS) is 1. The number of aliphatic hydroxyl groups is 2. The average molecular weight is 162 g/mol. The van der Waals surface area contributed by atoms with Crippen LogP contribution in [0.5, 0.6) is 0 Å². The summed E-state index contributed by atoms with van der Waals surface area (Å²) in [5.74, 6) is -1.10. The molecule has 0 aromatic carbocycles. The number of ether oxygens (including phenoxy) is 1. The van der Waals surface area contributed by atoms with Crippen molar-refractivity contribution in [3.63, 3.8) is 0 Å². The van der Waals surface area contributed by atoms with Crippen molar-refractivity contribution in [2.24, 2.45) is 0 Å². The van der Waals surface area contributed by atoms with E-state index in [1.807, 2.05) is 0 Å². The normalized spacial score (nSPS) is 38.5. The van der Waals surface area contributed by atoms with Gasteiger partial charge in [-0.25, -0.2) is 4.79 Å². The monoisotopic (exact) mass is 162 g/mol. The Balaban J connectivity index is 2.46. The van der Waals surface area contributed by atoms with Crippen LogP contribution in [0.3, 0.4) is 0 Å². The van der Waals surface area contributed by atoms with Gasteiger partial charge in [-0.05, 0) is 0 Å². The molecule has 1 rings (SSSR count). The highest BCUT2D eigenvalue weighted by Crippen LogP contribution is 2.14. The Morgan fingerprint density at radius 2 is 2.00 bits per heavy atom. The molecular formula is C6H10O5. The Morgan fingerprint density at radius 3 is 2.45 bits per heavy atom. The largest absolute Gasteiger partial charge is 0.479 e. The first-order valence-electron chi connectivity index (χ1n) is 3.32. The van der Waals surface area contributed by atoms with Gasteiger partial charge in [0.05, 0.1) is 12.7 Å². The van der Waals surface area contributed by atoms with Crippen molar-refractivity contribution >= 4 is 5.97 Å². The van der Waals surface area contributed by atoms with Gasteiger partial charge < -0.3 is 20.1 Å². The summed E-state index contributed by atoms with van der Waals surface area (Å²) in [7, 11) is 0. The fourth-order valence-corrected chi connectivity index (χ4v) is 0.942. The van der Waals surface area contributed by atoms with E-state index in [4.69, 9.17) is 20.1 Å². The molecule has 1 aliphatic rings. The average Bonchev–Trinajstić information content (AvgIpc) is 1.94. The number of hydrogen-bond acceptors (Lipinski definition) is 4. The lowest BCUT2D eigenvalue weighted by atomic mass is 10.0. The number of aliphatic hydroxyl groups excluding tert-OH is 2. The van der Waals surface area contributed by atoms with E-state index in [0.717, 1.165) is 0 Å². The molecule has 0 aliphatic carbocycles. The van der Waals surface area contributed by atoms with Gasteiger partial charge in [0.15, 0.2) is 6.10 Å². The Bertz CT molecular complexity index is 157. The van der Waals surface area contributed by atoms with Gasteiger partial charge in [-0.15, -0.1) is 0 Å². The lowest BCUT2D eigenvalue weighted by Crippen LogP contribution is -2.44. The summed E-state index contributed by atoms with van der Waals surface area (Å²) in [5, 5.41) is 26.3. The third kappa shape index (κ3) is 1.89. The fourth-order valence-electron chi connectivity index (χ4n) is 0.942. The molecule has 0 amide bonds. The maximum absolute atomic E-state index is 10.3. The minimum Gasteiger partial charge on any atom is -0.479 e. The molecule has 64 valence electrons. The Labute approximate surface area is 63.2 Å². The highest BCUT2D eigenvalue weighted by atomic mass is 16.5. The second-order valence-electron chi connectivity index (χ2n) is 2.53. The Kier molecular flexibility index (Phi) is 2.43. The van der Waals surface area contributed by atoms with Crippen LogP contribution < -0.4 is 0 Å². The maximum Gasteiger partial charge on any atom is 0.332 e. The molecule has 1 fully saturated rings. The van der Waals surface area contributed by atoms with Gasteiger partial charge in [0, 0.05) is 6.42 Å². The molecule has 1 saturated heterocycles. The van der Waals surface area contributed by atoms with E-state index in [0.29, 0.717) is 0 Å². The standard InChI is InChI=1S/C6H10O5/c7-3-1-5(6(9)10)11-2-4(3)8/h3-5,7-8H,1-2H2,(H,9,10)/t3?,4-,5?/m1/s1. The third-order valence-corrected chi connectivity index (χ3v) is 1.64. The Morgan fingerprint density at radius 1 is 1.36 bits per heavy atom. The topological polar surface area (TPSA) is 87.0 Å². The van der Waals surface area contributed by atoms with Crippen LogP contribution in [-0.4, -0.2) is 46.2 Å². The number of carboxylic acids is 1. The lowest BCUT2D eigenvalue weighted by Gasteiger charge is -2.27. The first-order chi connectivity index (χ1) is 5.11. The van der Waals surface area contributed by atoms with E-state index in [1.54, 1.807) is 0 Å². The van der Waals surface area contributed by atoms with E-state index in [-0.39, 0.29) is 13.0 Å². The minimum absolute atomic E-state index is 0.0451. The van der Waals surface area contributed by atoms with Crippen LogP contribution in [0.2, 0.25) is 0 Å². The van der Waals surface area contributed by atoms with E-state index in [1.165, 1.54) is 0 Å². The fraction of sp³-hybridized carbons (Fsp3) is 0.833. The molecule has 0 radical (unpaired) electrons. The highest BCUT2D eigenvalue weighted by molar-refractivity contribution is 5.72. The van der Waals surface area contributed by atoms with Crippen LogP contribution in [0.15, 0.2) is 0 Å². The van der Waals surface area contributed by atoms with Gasteiger partial charge in [0.1, 0.15) is 6.10 Å². The first kappa shape index (κ1) is 8.45. The number of aliphatic carboxylic acids is 1. The summed E-state index contributed by atoms with van der Waals surface area (Å²) in [6, 6.07) is 0. The molecule has 0 aromatic rings. The van der Waals surface area contributed by atoms with Crippen LogP contribution in [0.4, 0.5) is 0 Å². The molecule has 0 saturated carbocycles. The third-order valence-electron chi connectivity index (χ3n) is 1.64. The molecule has 5 nitrogen and oxygen atoms in total. The van der Waals surface area contributed by atoms with Gasteiger partial charge >= 0.3 is 5.97 Å². The Hall–Kier alpha value is -0.650. The number of carbonyl (C=O) groups is 1. The van der Waals surface area contributed by atoms with Crippen molar-refractivity contribution in [2.75, 3.05) is 6.61 Å². The zero-order valence-electron chi connectivity index (χ0n) is 5.80. The van der Waals surface area contributed by atoms with Gasteiger partial charge in [0.2, 0.25) is 0 Å². The van der Waals surface area contributed by atoms with Crippen molar-refractivity contribution in [2.45, 2.75) is 24.7 Å². The second-order valence-corrected chi connectivity index (χ2v) is 2.53. The molecule has 1 heterocycles. The molecule has 2 unspecified atom stereocenters. The van der Waals surface area contributed by atoms with Crippen molar-refractivity contribution < 1.29 is 24.9 Å². The molecule has 0 bridgehead atoms. The van der Waals surface area contributed by atoms with Crippen LogP contribution >= 0.6 is 0 Å². The SMILES string of the molecule is O=C(O)C1CC(O)[C@H](O)CO1. The van der Waals surface area contributed by atoms with Gasteiger partial charge in [-0.3, -0.25) is 0 Å². The van der Waals surface area contributed by atoms with Crippen molar-refractivity contribution in [1.29, 1.82) is 0 Å². The summed E-state index contributed by atoms with van der Waals surface area (Å²) >= 11 is 0. The smallest absolute Gasteiger partial charge is 0.332 e. The summed E-state index contributed by atoms with van der Waals surface area (Å²) < 4.78 is 4.71. The molecule has 3 N–H and O–H groups in total. The summed E-state index contributed by atoms with van der Waals surface area (Å²) in [5.41, 5.74) is 0. The predicted molar refractivity (Wildman–Crippen MR) is 34.0 cm³/mol. The minimum atomic E-state index is -1.10. The first-order valence-corrected chi connectivity index (χ1v) is 3.32. The van der Waals surface area contributed by atoms with E-state index >= 15 is 0 Å². The zero-order valence-corrected chi connectivity index (χ0v) is 5.80. The van der Waals surface area contributed by atoms with Crippen LogP contribution in [0.1, 0.15) is 6.42 Å². The van der Waals surface area contributed by atoms with Crippen LogP contribution in [0, 0.1) is 0 Å². The molecule has 0 aromatic heterocycles. The molecule has 11 heavy (non-hydrogen) atoms.